The Morgan fingerprint density at radius 2 is 1.75 bits per heavy atom. The Kier molecular flexibility index (Phi) is 5.69. The summed E-state index contributed by atoms with van der Waals surface area (Å²) in [6.45, 7) is 7.05. The van der Waals surface area contributed by atoms with Gasteiger partial charge in [-0.2, -0.15) is 0 Å². The lowest BCUT2D eigenvalue weighted by molar-refractivity contribution is -0.117. The molecule has 0 atom stereocenters. The fourth-order valence-electron chi connectivity index (χ4n) is 3.63. The number of nitrogens with zero attached hydrogens (tertiary/aromatic N) is 3. The number of rotatable bonds is 6. The summed E-state index contributed by atoms with van der Waals surface area (Å²) in [5.41, 5.74) is 4.24. The molecule has 2 heterocycles. The van der Waals surface area contributed by atoms with Gasteiger partial charge in [0.05, 0.1) is 24.1 Å². The molecule has 6 nitrogen and oxygen atoms in total. The third-order valence-electron chi connectivity index (χ3n) is 5.29. The summed E-state index contributed by atoms with van der Waals surface area (Å²) in [5, 5.41) is 3.00. The van der Waals surface area contributed by atoms with Crippen LogP contribution in [0.25, 0.3) is 11.0 Å². The Balaban J connectivity index is 1.23. The Morgan fingerprint density at radius 3 is 2.46 bits per heavy atom. The van der Waals surface area contributed by atoms with E-state index in [4.69, 9.17) is 0 Å². The number of aromatic amines is 1. The number of anilines is 1. The second kappa shape index (κ2) is 8.54. The van der Waals surface area contributed by atoms with Gasteiger partial charge in [0, 0.05) is 31.9 Å². The molecule has 0 spiro atoms. The third kappa shape index (κ3) is 4.58. The average molecular weight is 377 g/mol. The fourth-order valence-corrected chi connectivity index (χ4v) is 3.63. The second-order valence-electron chi connectivity index (χ2n) is 7.35. The molecular weight excluding hydrogens is 350 g/mol. The van der Waals surface area contributed by atoms with Crippen LogP contribution in [0.15, 0.2) is 48.5 Å². The van der Waals surface area contributed by atoms with Crippen molar-refractivity contribution in [2.75, 3.05) is 38.0 Å². The highest BCUT2D eigenvalue weighted by Gasteiger charge is 2.20. The first kappa shape index (κ1) is 18.7. The van der Waals surface area contributed by atoms with E-state index >= 15 is 0 Å². The summed E-state index contributed by atoms with van der Waals surface area (Å²) in [6.07, 6.45) is 1.01. The van der Waals surface area contributed by atoms with Crippen molar-refractivity contribution < 1.29 is 4.79 Å². The average Bonchev–Trinajstić information content (AvgIpc) is 3.12. The van der Waals surface area contributed by atoms with E-state index in [2.05, 4.69) is 50.2 Å². The van der Waals surface area contributed by atoms with Gasteiger partial charge in [-0.05, 0) is 36.2 Å². The third-order valence-corrected chi connectivity index (χ3v) is 5.29. The standard InChI is InChI=1S/C22H27N5O/c1-2-17-7-9-18(10-8-17)23-22(28)16-27-13-11-26(12-14-27)15-21-24-19-5-3-4-6-20(19)25-21/h3-10H,2,11-16H2,1H3,(H,23,28)(H,24,25). The van der Waals surface area contributed by atoms with E-state index in [9.17, 15) is 4.79 Å². The maximum absolute atomic E-state index is 12.3. The molecule has 1 amide bonds. The number of amides is 1. The summed E-state index contributed by atoms with van der Waals surface area (Å²) in [7, 11) is 0. The van der Waals surface area contributed by atoms with Crippen LogP contribution in [-0.4, -0.2) is 58.4 Å². The minimum Gasteiger partial charge on any atom is -0.341 e. The van der Waals surface area contributed by atoms with E-state index < -0.39 is 0 Å². The Morgan fingerprint density at radius 1 is 1.04 bits per heavy atom. The van der Waals surface area contributed by atoms with Crippen molar-refractivity contribution in [2.45, 2.75) is 19.9 Å². The molecule has 28 heavy (non-hydrogen) atoms. The SMILES string of the molecule is CCc1ccc(NC(=O)CN2CCN(Cc3nc4ccccc4[nH]3)CC2)cc1. The van der Waals surface area contributed by atoms with Crippen LogP contribution in [0.1, 0.15) is 18.3 Å². The first-order valence-electron chi connectivity index (χ1n) is 9.97. The van der Waals surface area contributed by atoms with Crippen molar-refractivity contribution >= 4 is 22.6 Å². The molecule has 0 unspecified atom stereocenters. The van der Waals surface area contributed by atoms with Crippen LogP contribution in [0.5, 0.6) is 0 Å². The first-order chi connectivity index (χ1) is 13.7. The Labute approximate surface area is 165 Å². The van der Waals surface area contributed by atoms with Crippen LogP contribution in [0.4, 0.5) is 5.69 Å². The molecule has 0 aliphatic carbocycles. The molecule has 0 bridgehead atoms. The van der Waals surface area contributed by atoms with Crippen molar-refractivity contribution in [2.24, 2.45) is 0 Å². The van der Waals surface area contributed by atoms with E-state index in [0.717, 1.165) is 61.7 Å². The highest BCUT2D eigenvalue weighted by Crippen LogP contribution is 2.13. The van der Waals surface area contributed by atoms with Gasteiger partial charge >= 0.3 is 0 Å². The van der Waals surface area contributed by atoms with Gasteiger partial charge in [-0.15, -0.1) is 0 Å². The number of fused-ring (bicyclic) bond motifs is 1. The van der Waals surface area contributed by atoms with Crippen LogP contribution in [0, 0.1) is 0 Å². The molecule has 1 fully saturated rings. The Bertz CT molecular complexity index is 893. The highest BCUT2D eigenvalue weighted by atomic mass is 16.2. The number of carbonyl (C=O) groups is 1. The zero-order valence-electron chi connectivity index (χ0n) is 16.3. The minimum atomic E-state index is 0.0509. The van der Waals surface area contributed by atoms with Crippen molar-refractivity contribution in [3.8, 4) is 0 Å². The summed E-state index contributed by atoms with van der Waals surface area (Å²) in [5.74, 6) is 1.05. The number of hydrogen-bond acceptors (Lipinski definition) is 4. The molecule has 3 aromatic rings. The first-order valence-corrected chi connectivity index (χ1v) is 9.97. The molecule has 1 aromatic heterocycles. The molecule has 4 rings (SSSR count). The number of H-pyrrole nitrogens is 1. The van der Waals surface area contributed by atoms with Crippen LogP contribution in [-0.2, 0) is 17.8 Å². The van der Waals surface area contributed by atoms with Gasteiger partial charge < -0.3 is 10.3 Å². The number of para-hydroxylation sites is 2. The predicted octanol–water partition coefficient (Wildman–Crippen LogP) is 2.88. The molecule has 2 aromatic carbocycles. The van der Waals surface area contributed by atoms with Gasteiger partial charge in [-0.3, -0.25) is 14.6 Å². The molecule has 2 N–H and O–H groups in total. The van der Waals surface area contributed by atoms with E-state index in [0.29, 0.717) is 6.54 Å². The van der Waals surface area contributed by atoms with Crippen LogP contribution >= 0.6 is 0 Å². The summed E-state index contributed by atoms with van der Waals surface area (Å²) in [4.78, 5) is 25.0. The van der Waals surface area contributed by atoms with Gasteiger partial charge in [0.1, 0.15) is 5.82 Å². The number of piperazine rings is 1. The predicted molar refractivity (Wildman–Crippen MR) is 112 cm³/mol. The second-order valence-corrected chi connectivity index (χ2v) is 7.35. The van der Waals surface area contributed by atoms with Gasteiger partial charge in [0.25, 0.3) is 0 Å². The largest absolute Gasteiger partial charge is 0.341 e. The van der Waals surface area contributed by atoms with E-state index in [-0.39, 0.29) is 5.91 Å². The van der Waals surface area contributed by atoms with Gasteiger partial charge in [-0.25, -0.2) is 4.98 Å². The quantitative estimate of drug-likeness (QED) is 0.693. The molecule has 1 aliphatic heterocycles. The number of aryl methyl sites for hydroxylation is 1. The summed E-state index contributed by atoms with van der Waals surface area (Å²) in [6, 6.07) is 16.2. The van der Waals surface area contributed by atoms with E-state index in [1.165, 1.54) is 5.56 Å². The number of carbonyl (C=O) groups excluding carboxylic acids is 1. The molecular formula is C22H27N5O. The normalized spacial score (nSPS) is 15.8. The van der Waals surface area contributed by atoms with Crippen LogP contribution < -0.4 is 5.32 Å². The van der Waals surface area contributed by atoms with Crippen molar-refractivity contribution in [3.05, 3.63) is 59.9 Å². The molecule has 1 aliphatic rings. The molecule has 0 saturated carbocycles. The lowest BCUT2D eigenvalue weighted by atomic mass is 10.1. The fraction of sp³-hybridized carbons (Fsp3) is 0.364. The van der Waals surface area contributed by atoms with Gasteiger partial charge in [0.2, 0.25) is 5.91 Å². The highest BCUT2D eigenvalue weighted by molar-refractivity contribution is 5.92. The number of hydrogen-bond donors (Lipinski definition) is 2. The van der Waals surface area contributed by atoms with E-state index in [1.54, 1.807) is 0 Å². The smallest absolute Gasteiger partial charge is 0.238 e. The number of nitrogens with one attached hydrogen (secondary N) is 2. The monoisotopic (exact) mass is 377 g/mol. The zero-order chi connectivity index (χ0) is 19.3. The molecule has 146 valence electrons. The van der Waals surface area contributed by atoms with Gasteiger partial charge in [0.15, 0.2) is 0 Å². The zero-order valence-corrected chi connectivity index (χ0v) is 16.3. The molecule has 6 heteroatoms. The van der Waals surface area contributed by atoms with E-state index in [1.807, 2.05) is 30.3 Å². The maximum Gasteiger partial charge on any atom is 0.238 e. The molecule has 0 radical (unpaired) electrons. The lowest BCUT2D eigenvalue weighted by Crippen LogP contribution is -2.48. The molecule has 1 saturated heterocycles. The minimum absolute atomic E-state index is 0.0509. The number of aromatic nitrogens is 2. The van der Waals surface area contributed by atoms with Crippen molar-refractivity contribution in [1.82, 2.24) is 19.8 Å². The number of benzene rings is 2. The maximum atomic E-state index is 12.3. The topological polar surface area (TPSA) is 64.3 Å². The van der Waals surface area contributed by atoms with Crippen molar-refractivity contribution in [1.29, 1.82) is 0 Å². The Hall–Kier alpha value is -2.70. The van der Waals surface area contributed by atoms with Gasteiger partial charge in [-0.1, -0.05) is 31.2 Å². The van der Waals surface area contributed by atoms with Crippen LogP contribution in [0.3, 0.4) is 0 Å². The lowest BCUT2D eigenvalue weighted by Gasteiger charge is -2.33. The summed E-state index contributed by atoms with van der Waals surface area (Å²) < 4.78 is 0. The van der Waals surface area contributed by atoms with Crippen LogP contribution in [0.2, 0.25) is 0 Å². The summed E-state index contributed by atoms with van der Waals surface area (Å²) >= 11 is 0. The van der Waals surface area contributed by atoms with Crippen molar-refractivity contribution in [3.63, 3.8) is 0 Å². The number of imidazole rings is 1.